The van der Waals surface area contributed by atoms with Crippen LogP contribution in [0.2, 0.25) is 0 Å². The van der Waals surface area contributed by atoms with Gasteiger partial charge in [-0.3, -0.25) is 0 Å². The summed E-state index contributed by atoms with van der Waals surface area (Å²) in [4.78, 5) is 23.2. The first-order valence-electron chi connectivity index (χ1n) is 7.26. The lowest BCUT2D eigenvalue weighted by atomic mass is 9.94. The van der Waals surface area contributed by atoms with Gasteiger partial charge in [0.2, 0.25) is 0 Å². The first-order chi connectivity index (χ1) is 10.5. The molecule has 0 fully saturated rings. The molecule has 1 aromatic carbocycles. The molecule has 0 amide bonds. The van der Waals surface area contributed by atoms with Gasteiger partial charge in [0.15, 0.2) is 0 Å². The number of benzene rings is 1. The van der Waals surface area contributed by atoms with Crippen molar-refractivity contribution in [2.45, 2.75) is 53.8 Å². The summed E-state index contributed by atoms with van der Waals surface area (Å²) in [5, 5.41) is 9.41. The lowest BCUT2D eigenvalue weighted by Crippen LogP contribution is -2.26. The molecule has 0 unspecified atom stereocenters. The van der Waals surface area contributed by atoms with E-state index >= 15 is 0 Å². The first kappa shape index (κ1) is 19.9. The van der Waals surface area contributed by atoms with Crippen LogP contribution in [-0.2, 0) is 20.9 Å². The van der Waals surface area contributed by atoms with Crippen LogP contribution in [0.3, 0.4) is 0 Å². The van der Waals surface area contributed by atoms with E-state index in [1.165, 1.54) is 0 Å². The van der Waals surface area contributed by atoms with Crippen LogP contribution in [0.5, 0.6) is 0 Å². The molecule has 0 bridgehead atoms. The van der Waals surface area contributed by atoms with Gasteiger partial charge in [-0.2, -0.15) is 0 Å². The second-order valence-corrected chi connectivity index (χ2v) is 7.51. The van der Waals surface area contributed by atoms with E-state index < -0.39 is 17.5 Å². The molecule has 5 nitrogen and oxygen atoms in total. The number of hydrogen-bond donors (Lipinski definition) is 1. The van der Waals surface area contributed by atoms with Crippen molar-refractivity contribution in [2.75, 3.05) is 6.61 Å². The topological polar surface area (TPSA) is 72.8 Å². The van der Waals surface area contributed by atoms with Gasteiger partial charge < -0.3 is 14.6 Å². The molecule has 0 saturated carbocycles. The Bertz CT molecular complexity index is 629. The Hall–Kier alpha value is -1.15. The molecule has 1 rings (SSSR count). The SMILES string of the molecule is Cc1c(I)c(C)c(C(=O)O)c(C)c1COCC(=O)OC(C)(C)C. The Balaban J connectivity index is 2.94. The van der Waals surface area contributed by atoms with E-state index in [0.29, 0.717) is 11.1 Å². The summed E-state index contributed by atoms with van der Waals surface area (Å²) in [5.41, 5.74) is 2.97. The summed E-state index contributed by atoms with van der Waals surface area (Å²) in [7, 11) is 0. The van der Waals surface area contributed by atoms with E-state index in [4.69, 9.17) is 9.47 Å². The molecule has 0 aromatic heterocycles. The highest BCUT2D eigenvalue weighted by Gasteiger charge is 2.21. The van der Waals surface area contributed by atoms with Gasteiger partial charge >= 0.3 is 11.9 Å². The Labute approximate surface area is 150 Å². The largest absolute Gasteiger partial charge is 0.478 e. The summed E-state index contributed by atoms with van der Waals surface area (Å²) >= 11 is 2.14. The molecule has 0 heterocycles. The van der Waals surface area contributed by atoms with Crippen LogP contribution in [0.25, 0.3) is 0 Å². The molecular formula is C17H23IO5. The number of hydrogen-bond acceptors (Lipinski definition) is 4. The van der Waals surface area contributed by atoms with E-state index in [2.05, 4.69) is 22.6 Å². The average Bonchev–Trinajstić information content (AvgIpc) is 2.38. The van der Waals surface area contributed by atoms with Gasteiger partial charge in [-0.1, -0.05) is 0 Å². The zero-order valence-corrected chi connectivity index (χ0v) is 16.5. The van der Waals surface area contributed by atoms with Crippen LogP contribution in [0.4, 0.5) is 0 Å². The van der Waals surface area contributed by atoms with Gasteiger partial charge in [-0.15, -0.1) is 0 Å². The lowest BCUT2D eigenvalue weighted by molar-refractivity contribution is -0.160. The van der Waals surface area contributed by atoms with Gasteiger partial charge in [0, 0.05) is 3.57 Å². The molecular weight excluding hydrogens is 411 g/mol. The zero-order valence-electron chi connectivity index (χ0n) is 14.4. The second kappa shape index (κ2) is 7.61. The third-order valence-electron chi connectivity index (χ3n) is 3.41. The number of carboxylic acids is 1. The third kappa shape index (κ3) is 5.17. The second-order valence-electron chi connectivity index (χ2n) is 6.43. The molecule has 128 valence electrons. The number of carbonyl (C=O) groups excluding carboxylic acids is 1. The maximum Gasteiger partial charge on any atom is 0.336 e. The maximum absolute atomic E-state index is 11.7. The Kier molecular flexibility index (Phi) is 6.59. The smallest absolute Gasteiger partial charge is 0.336 e. The Morgan fingerprint density at radius 3 is 2.13 bits per heavy atom. The van der Waals surface area contributed by atoms with Crippen molar-refractivity contribution in [1.82, 2.24) is 0 Å². The molecule has 0 saturated heterocycles. The highest BCUT2D eigenvalue weighted by molar-refractivity contribution is 14.1. The Morgan fingerprint density at radius 1 is 1.09 bits per heavy atom. The standard InChI is InChI=1S/C17H23IO5/c1-9-12(7-22-8-13(19)23-17(4,5)6)10(2)15(18)11(3)14(9)16(20)21/h7-8H2,1-6H3,(H,20,21). The Morgan fingerprint density at radius 2 is 1.65 bits per heavy atom. The van der Waals surface area contributed by atoms with Crippen LogP contribution < -0.4 is 0 Å². The zero-order chi connectivity index (χ0) is 17.9. The number of esters is 1. The van der Waals surface area contributed by atoms with Crippen LogP contribution in [0.1, 0.15) is 53.4 Å². The van der Waals surface area contributed by atoms with Crippen molar-refractivity contribution in [3.63, 3.8) is 0 Å². The molecule has 0 spiro atoms. The molecule has 0 atom stereocenters. The third-order valence-corrected chi connectivity index (χ3v) is 5.03. The highest BCUT2D eigenvalue weighted by atomic mass is 127. The minimum absolute atomic E-state index is 0.164. The normalized spacial score (nSPS) is 11.4. The van der Waals surface area contributed by atoms with E-state index in [-0.39, 0.29) is 13.2 Å². The van der Waals surface area contributed by atoms with E-state index in [1.54, 1.807) is 34.6 Å². The van der Waals surface area contributed by atoms with Crippen molar-refractivity contribution < 1.29 is 24.2 Å². The molecule has 1 N–H and O–H groups in total. The van der Waals surface area contributed by atoms with Crippen LogP contribution in [-0.4, -0.2) is 29.3 Å². The summed E-state index contributed by atoms with van der Waals surface area (Å²) in [6, 6.07) is 0. The molecule has 0 radical (unpaired) electrons. The van der Waals surface area contributed by atoms with Gasteiger partial charge in [0.1, 0.15) is 12.2 Å². The molecule has 0 aliphatic heterocycles. The fourth-order valence-electron chi connectivity index (χ4n) is 2.38. The van der Waals surface area contributed by atoms with E-state index in [1.807, 2.05) is 6.92 Å². The van der Waals surface area contributed by atoms with Crippen LogP contribution in [0, 0.1) is 24.3 Å². The van der Waals surface area contributed by atoms with Crippen LogP contribution >= 0.6 is 22.6 Å². The monoisotopic (exact) mass is 434 g/mol. The molecule has 23 heavy (non-hydrogen) atoms. The van der Waals surface area contributed by atoms with Gasteiger partial charge in [0.05, 0.1) is 12.2 Å². The number of ether oxygens (including phenoxy) is 2. The van der Waals surface area contributed by atoms with Crippen molar-refractivity contribution in [3.8, 4) is 0 Å². The molecule has 0 aliphatic carbocycles. The molecule has 0 aliphatic rings. The van der Waals surface area contributed by atoms with Crippen molar-refractivity contribution in [1.29, 1.82) is 0 Å². The summed E-state index contributed by atoms with van der Waals surface area (Å²) in [6.45, 7) is 10.9. The summed E-state index contributed by atoms with van der Waals surface area (Å²) in [5.74, 6) is -1.39. The predicted octanol–water partition coefficient (Wildman–Crippen LogP) is 3.77. The lowest BCUT2D eigenvalue weighted by Gasteiger charge is -2.20. The average molecular weight is 434 g/mol. The van der Waals surface area contributed by atoms with Gasteiger partial charge in [-0.25, -0.2) is 9.59 Å². The number of carboxylic acid groups (broad SMARTS) is 1. The highest BCUT2D eigenvalue weighted by Crippen LogP contribution is 2.29. The molecule has 6 heteroatoms. The predicted molar refractivity (Wildman–Crippen MR) is 95.8 cm³/mol. The minimum Gasteiger partial charge on any atom is -0.478 e. The van der Waals surface area contributed by atoms with Crippen molar-refractivity contribution in [3.05, 3.63) is 31.4 Å². The summed E-state index contributed by atoms with van der Waals surface area (Å²) in [6.07, 6.45) is 0. The van der Waals surface area contributed by atoms with Crippen molar-refractivity contribution >= 4 is 34.5 Å². The van der Waals surface area contributed by atoms with Gasteiger partial charge in [-0.05, 0) is 86.4 Å². The fourth-order valence-corrected chi connectivity index (χ4v) is 2.98. The fraction of sp³-hybridized carbons (Fsp3) is 0.529. The first-order valence-corrected chi connectivity index (χ1v) is 8.34. The molecule has 1 aromatic rings. The van der Waals surface area contributed by atoms with E-state index in [0.717, 1.165) is 20.3 Å². The quantitative estimate of drug-likeness (QED) is 0.564. The van der Waals surface area contributed by atoms with E-state index in [9.17, 15) is 14.7 Å². The number of carbonyl (C=O) groups is 2. The van der Waals surface area contributed by atoms with Crippen molar-refractivity contribution in [2.24, 2.45) is 0 Å². The van der Waals surface area contributed by atoms with Crippen LogP contribution in [0.15, 0.2) is 0 Å². The number of rotatable bonds is 5. The minimum atomic E-state index is -0.952. The number of aromatic carboxylic acids is 1. The summed E-state index contributed by atoms with van der Waals surface area (Å²) < 4.78 is 11.5. The maximum atomic E-state index is 11.7. The van der Waals surface area contributed by atoms with Gasteiger partial charge in [0.25, 0.3) is 0 Å². The number of halogens is 1.